The Morgan fingerprint density at radius 1 is 1.75 bits per heavy atom. The van der Waals surface area contributed by atoms with E-state index in [2.05, 4.69) is 10.4 Å². The third-order valence-electron chi connectivity index (χ3n) is 2.29. The summed E-state index contributed by atoms with van der Waals surface area (Å²) in [5, 5.41) is 6.69. The number of hydrogen-bond donors (Lipinski definition) is 2. The Morgan fingerprint density at radius 3 is 2.94 bits per heavy atom. The fourth-order valence-corrected chi connectivity index (χ4v) is 1.33. The van der Waals surface area contributed by atoms with Gasteiger partial charge in [-0.2, -0.15) is 5.10 Å². The average molecular weight is 226 g/mol. The van der Waals surface area contributed by atoms with E-state index in [1.165, 1.54) is 10.9 Å². The van der Waals surface area contributed by atoms with Gasteiger partial charge < -0.3 is 15.8 Å². The molecule has 3 N–H and O–H groups in total. The predicted octanol–water partition coefficient (Wildman–Crippen LogP) is 0.0146. The van der Waals surface area contributed by atoms with Crippen LogP contribution in [0.4, 0.5) is 5.82 Å². The van der Waals surface area contributed by atoms with E-state index in [0.717, 1.165) is 0 Å². The van der Waals surface area contributed by atoms with E-state index >= 15 is 0 Å². The third-order valence-corrected chi connectivity index (χ3v) is 2.29. The number of aryl methyl sites for hydroxylation is 1. The highest BCUT2D eigenvalue weighted by Crippen LogP contribution is 2.08. The summed E-state index contributed by atoms with van der Waals surface area (Å²) in [5.74, 6) is 0.442. The molecule has 0 aliphatic carbocycles. The van der Waals surface area contributed by atoms with Gasteiger partial charge in [-0.3, -0.25) is 9.48 Å². The van der Waals surface area contributed by atoms with E-state index in [-0.39, 0.29) is 11.8 Å². The molecule has 0 saturated carbocycles. The molecule has 1 aromatic rings. The smallest absolute Gasteiger partial charge is 0.256 e. The van der Waals surface area contributed by atoms with Crippen molar-refractivity contribution in [1.82, 2.24) is 15.1 Å². The molecule has 1 unspecified atom stereocenters. The fraction of sp³-hybridized carbons (Fsp3) is 0.600. The molecule has 0 aliphatic heterocycles. The van der Waals surface area contributed by atoms with Crippen molar-refractivity contribution in [2.24, 2.45) is 13.0 Å². The van der Waals surface area contributed by atoms with E-state index in [1.807, 2.05) is 6.92 Å². The van der Waals surface area contributed by atoms with Gasteiger partial charge in [0.2, 0.25) is 0 Å². The fourth-order valence-electron chi connectivity index (χ4n) is 1.33. The molecule has 16 heavy (non-hydrogen) atoms. The number of amides is 1. The van der Waals surface area contributed by atoms with Gasteiger partial charge in [0.15, 0.2) is 0 Å². The van der Waals surface area contributed by atoms with Gasteiger partial charge in [0.1, 0.15) is 11.4 Å². The first kappa shape index (κ1) is 12.5. The van der Waals surface area contributed by atoms with Gasteiger partial charge in [-0.05, 0) is 5.92 Å². The number of rotatable bonds is 5. The largest absolute Gasteiger partial charge is 0.384 e. The molecule has 6 nitrogen and oxygen atoms in total. The van der Waals surface area contributed by atoms with E-state index in [0.29, 0.717) is 24.5 Å². The number of nitrogen functional groups attached to an aromatic ring is 1. The van der Waals surface area contributed by atoms with Crippen LogP contribution in [-0.4, -0.2) is 35.9 Å². The minimum atomic E-state index is -0.200. The van der Waals surface area contributed by atoms with Gasteiger partial charge in [-0.25, -0.2) is 0 Å². The van der Waals surface area contributed by atoms with Crippen molar-refractivity contribution in [2.75, 3.05) is 26.0 Å². The maximum atomic E-state index is 11.7. The third kappa shape index (κ3) is 2.96. The van der Waals surface area contributed by atoms with Crippen molar-refractivity contribution in [1.29, 1.82) is 0 Å². The van der Waals surface area contributed by atoms with Crippen LogP contribution in [0.1, 0.15) is 17.3 Å². The Hall–Kier alpha value is -1.56. The van der Waals surface area contributed by atoms with Crippen LogP contribution < -0.4 is 11.1 Å². The highest BCUT2D eigenvalue weighted by molar-refractivity contribution is 5.98. The monoisotopic (exact) mass is 226 g/mol. The Morgan fingerprint density at radius 2 is 2.44 bits per heavy atom. The second-order valence-electron chi connectivity index (χ2n) is 3.84. The van der Waals surface area contributed by atoms with Crippen molar-refractivity contribution < 1.29 is 9.53 Å². The molecule has 0 radical (unpaired) electrons. The lowest BCUT2D eigenvalue weighted by atomic mass is 10.2. The number of nitrogens with zero attached hydrogens (tertiary/aromatic N) is 2. The standard InChI is InChI=1S/C10H18N4O2/c1-7(6-16-3)4-12-10(15)8-5-13-14(2)9(8)11/h5,7H,4,6,11H2,1-3H3,(H,12,15). The molecule has 0 fully saturated rings. The molecule has 6 heteroatoms. The number of carbonyl (C=O) groups excluding carboxylic acids is 1. The second-order valence-corrected chi connectivity index (χ2v) is 3.84. The summed E-state index contributed by atoms with van der Waals surface area (Å²) in [7, 11) is 3.33. The molecule has 0 aliphatic rings. The SMILES string of the molecule is COCC(C)CNC(=O)c1cnn(C)c1N. The van der Waals surface area contributed by atoms with E-state index in [4.69, 9.17) is 10.5 Å². The van der Waals surface area contributed by atoms with Gasteiger partial charge in [-0.15, -0.1) is 0 Å². The molecular formula is C10H18N4O2. The first-order chi connectivity index (χ1) is 7.56. The van der Waals surface area contributed by atoms with Crippen LogP contribution in [0.2, 0.25) is 0 Å². The summed E-state index contributed by atoms with van der Waals surface area (Å²) in [4.78, 5) is 11.7. The predicted molar refractivity (Wildman–Crippen MR) is 61.0 cm³/mol. The average Bonchev–Trinajstić information content (AvgIpc) is 2.57. The van der Waals surface area contributed by atoms with E-state index < -0.39 is 0 Å². The van der Waals surface area contributed by atoms with Gasteiger partial charge in [0.05, 0.1) is 12.8 Å². The molecule has 1 aromatic heterocycles. The molecule has 1 rings (SSSR count). The Kier molecular flexibility index (Phi) is 4.30. The van der Waals surface area contributed by atoms with Gasteiger partial charge in [-0.1, -0.05) is 6.92 Å². The number of ether oxygens (including phenoxy) is 1. The molecule has 1 atom stereocenters. The molecule has 1 amide bonds. The quantitative estimate of drug-likeness (QED) is 0.741. The molecule has 0 saturated heterocycles. The van der Waals surface area contributed by atoms with Crippen LogP contribution in [0, 0.1) is 5.92 Å². The molecule has 0 spiro atoms. The maximum absolute atomic E-state index is 11.7. The van der Waals surface area contributed by atoms with Crippen molar-refractivity contribution >= 4 is 11.7 Å². The first-order valence-electron chi connectivity index (χ1n) is 5.10. The second kappa shape index (κ2) is 5.50. The highest BCUT2D eigenvalue weighted by Gasteiger charge is 2.13. The number of carbonyl (C=O) groups is 1. The van der Waals surface area contributed by atoms with Crippen molar-refractivity contribution in [3.05, 3.63) is 11.8 Å². The minimum absolute atomic E-state index is 0.200. The summed E-state index contributed by atoms with van der Waals surface area (Å²) < 4.78 is 6.44. The Labute approximate surface area is 94.8 Å². The van der Waals surface area contributed by atoms with Crippen LogP contribution in [0.3, 0.4) is 0 Å². The number of anilines is 1. The van der Waals surface area contributed by atoms with Crippen molar-refractivity contribution in [2.45, 2.75) is 6.92 Å². The van der Waals surface area contributed by atoms with E-state index in [9.17, 15) is 4.79 Å². The van der Waals surface area contributed by atoms with Crippen LogP contribution in [0.5, 0.6) is 0 Å². The Bertz CT molecular complexity index is 362. The number of nitrogens with two attached hydrogens (primary N) is 1. The lowest BCUT2D eigenvalue weighted by Crippen LogP contribution is -2.30. The van der Waals surface area contributed by atoms with Crippen LogP contribution in [-0.2, 0) is 11.8 Å². The summed E-state index contributed by atoms with van der Waals surface area (Å²) >= 11 is 0. The normalized spacial score (nSPS) is 12.4. The molecule has 0 bridgehead atoms. The summed E-state index contributed by atoms with van der Waals surface area (Å²) in [6.07, 6.45) is 1.46. The topological polar surface area (TPSA) is 82.2 Å². The number of aromatic nitrogens is 2. The zero-order valence-electron chi connectivity index (χ0n) is 9.86. The Balaban J connectivity index is 2.50. The minimum Gasteiger partial charge on any atom is -0.384 e. The van der Waals surface area contributed by atoms with E-state index in [1.54, 1.807) is 14.2 Å². The van der Waals surface area contributed by atoms with Gasteiger partial charge in [0.25, 0.3) is 5.91 Å². The van der Waals surface area contributed by atoms with Crippen LogP contribution in [0.15, 0.2) is 6.20 Å². The number of nitrogens with one attached hydrogen (secondary N) is 1. The summed E-state index contributed by atoms with van der Waals surface area (Å²) in [6, 6.07) is 0. The first-order valence-corrected chi connectivity index (χ1v) is 5.10. The summed E-state index contributed by atoms with van der Waals surface area (Å²) in [5.41, 5.74) is 6.09. The summed E-state index contributed by atoms with van der Waals surface area (Å²) in [6.45, 7) is 3.17. The number of methoxy groups -OCH3 is 1. The highest BCUT2D eigenvalue weighted by atomic mass is 16.5. The zero-order valence-corrected chi connectivity index (χ0v) is 9.86. The van der Waals surface area contributed by atoms with Crippen LogP contribution in [0.25, 0.3) is 0 Å². The van der Waals surface area contributed by atoms with Crippen molar-refractivity contribution in [3.63, 3.8) is 0 Å². The number of hydrogen-bond acceptors (Lipinski definition) is 4. The van der Waals surface area contributed by atoms with Crippen molar-refractivity contribution in [3.8, 4) is 0 Å². The van der Waals surface area contributed by atoms with Crippen LogP contribution >= 0.6 is 0 Å². The zero-order chi connectivity index (χ0) is 12.1. The molecular weight excluding hydrogens is 208 g/mol. The maximum Gasteiger partial charge on any atom is 0.256 e. The van der Waals surface area contributed by atoms with Gasteiger partial charge >= 0.3 is 0 Å². The lowest BCUT2D eigenvalue weighted by Gasteiger charge is -2.11. The molecule has 90 valence electrons. The molecule has 0 aromatic carbocycles. The molecule has 1 heterocycles. The van der Waals surface area contributed by atoms with Gasteiger partial charge in [0, 0.05) is 20.7 Å². The lowest BCUT2D eigenvalue weighted by molar-refractivity contribution is 0.0935.